The van der Waals surface area contributed by atoms with Crippen molar-refractivity contribution >= 4 is 15.7 Å². The molecule has 6 heteroatoms. The van der Waals surface area contributed by atoms with Crippen LogP contribution >= 0.6 is 0 Å². The summed E-state index contributed by atoms with van der Waals surface area (Å²) in [6.45, 7) is 2.34. The number of sulfone groups is 1. The summed E-state index contributed by atoms with van der Waals surface area (Å²) in [5, 5.41) is -0.341. The van der Waals surface area contributed by atoms with E-state index < -0.39 is 15.4 Å². The van der Waals surface area contributed by atoms with Crippen molar-refractivity contribution in [2.75, 3.05) is 12.3 Å². The lowest BCUT2D eigenvalue weighted by molar-refractivity contribution is -0.142. The first-order chi connectivity index (χ1) is 10.3. The van der Waals surface area contributed by atoms with E-state index in [-0.39, 0.29) is 28.9 Å². The van der Waals surface area contributed by atoms with Gasteiger partial charge in [0.05, 0.1) is 16.9 Å². The van der Waals surface area contributed by atoms with Gasteiger partial charge >= 0.3 is 0 Å². The Balaban J connectivity index is 1.83. The summed E-state index contributed by atoms with van der Waals surface area (Å²) in [6.07, 6.45) is 7.35. The summed E-state index contributed by atoms with van der Waals surface area (Å²) in [5.41, 5.74) is 5.94. The van der Waals surface area contributed by atoms with Crippen LogP contribution < -0.4 is 5.73 Å². The van der Waals surface area contributed by atoms with E-state index in [9.17, 15) is 13.2 Å². The van der Waals surface area contributed by atoms with Crippen molar-refractivity contribution in [2.24, 2.45) is 11.7 Å². The fraction of sp³-hybridized carbons (Fsp3) is 0.938. The first-order valence-corrected chi connectivity index (χ1v) is 10.4. The third kappa shape index (κ3) is 2.80. The van der Waals surface area contributed by atoms with Crippen molar-refractivity contribution in [1.82, 2.24) is 4.90 Å². The zero-order chi connectivity index (χ0) is 16.0. The third-order valence-corrected chi connectivity index (χ3v) is 8.21. The molecule has 2 N–H and O–H groups in total. The zero-order valence-electron chi connectivity index (χ0n) is 13.5. The average Bonchev–Trinajstić information content (AvgIpc) is 2.46. The van der Waals surface area contributed by atoms with Gasteiger partial charge in [-0.3, -0.25) is 4.79 Å². The second kappa shape index (κ2) is 5.78. The molecule has 1 saturated heterocycles. The molecule has 126 valence electrons. The minimum absolute atomic E-state index is 0.108. The standard InChI is InChI=1S/C16H28N2O3S/c1-16(17)9-5-4-6-12(16)15(19)18-10-11-22(20,21)14-8-3-2-7-13(14)18/h12-14H,2-11,17H2,1H3. The summed E-state index contributed by atoms with van der Waals surface area (Å²) >= 11 is 0. The highest BCUT2D eigenvalue weighted by atomic mass is 32.2. The SMILES string of the molecule is CC1(N)CCCCC1C(=O)N1CCS(=O)(=O)C2CCCCC21. The topological polar surface area (TPSA) is 80.5 Å². The first kappa shape index (κ1) is 16.2. The minimum Gasteiger partial charge on any atom is -0.337 e. The van der Waals surface area contributed by atoms with Gasteiger partial charge in [0.1, 0.15) is 0 Å². The van der Waals surface area contributed by atoms with Gasteiger partial charge in [-0.25, -0.2) is 8.42 Å². The van der Waals surface area contributed by atoms with Crippen LogP contribution in [-0.4, -0.2) is 48.4 Å². The second-order valence-electron chi connectivity index (χ2n) is 7.59. The molecule has 4 unspecified atom stereocenters. The maximum atomic E-state index is 13.1. The van der Waals surface area contributed by atoms with Crippen molar-refractivity contribution in [1.29, 1.82) is 0 Å². The molecule has 0 aromatic heterocycles. The summed E-state index contributed by atoms with van der Waals surface area (Å²) in [7, 11) is -3.03. The van der Waals surface area contributed by atoms with Crippen LogP contribution in [0.5, 0.6) is 0 Å². The van der Waals surface area contributed by atoms with Crippen molar-refractivity contribution in [2.45, 2.75) is 75.1 Å². The van der Waals surface area contributed by atoms with Gasteiger partial charge < -0.3 is 10.6 Å². The molecule has 3 aliphatic rings. The summed E-state index contributed by atoms with van der Waals surface area (Å²) in [6, 6.07) is -0.113. The van der Waals surface area contributed by atoms with Crippen LogP contribution in [0.2, 0.25) is 0 Å². The second-order valence-corrected chi connectivity index (χ2v) is 9.93. The molecule has 1 aliphatic heterocycles. The molecule has 22 heavy (non-hydrogen) atoms. The number of nitrogens with zero attached hydrogens (tertiary/aromatic N) is 1. The Hall–Kier alpha value is -0.620. The molecule has 0 aromatic rings. The van der Waals surface area contributed by atoms with Crippen LogP contribution in [0, 0.1) is 5.92 Å². The fourth-order valence-electron chi connectivity index (χ4n) is 4.63. The van der Waals surface area contributed by atoms with Gasteiger partial charge in [-0.15, -0.1) is 0 Å². The fourth-order valence-corrected chi connectivity index (χ4v) is 6.67. The molecule has 4 atom stereocenters. The molecule has 5 nitrogen and oxygen atoms in total. The maximum absolute atomic E-state index is 13.1. The average molecular weight is 328 g/mol. The molecule has 3 fully saturated rings. The van der Waals surface area contributed by atoms with Gasteiger partial charge in [-0.05, 0) is 32.6 Å². The summed E-state index contributed by atoms with van der Waals surface area (Å²) < 4.78 is 24.7. The van der Waals surface area contributed by atoms with Gasteiger partial charge in [0.25, 0.3) is 0 Å². The van der Waals surface area contributed by atoms with E-state index >= 15 is 0 Å². The van der Waals surface area contributed by atoms with E-state index in [0.29, 0.717) is 13.0 Å². The van der Waals surface area contributed by atoms with Crippen LogP contribution in [-0.2, 0) is 14.6 Å². The highest BCUT2D eigenvalue weighted by Crippen LogP contribution is 2.37. The van der Waals surface area contributed by atoms with E-state index in [1.807, 2.05) is 11.8 Å². The number of hydrogen-bond donors (Lipinski definition) is 1. The Bertz CT molecular complexity index is 544. The Morgan fingerprint density at radius 1 is 1.14 bits per heavy atom. The van der Waals surface area contributed by atoms with E-state index in [1.165, 1.54) is 0 Å². The molecule has 2 aliphatic carbocycles. The Morgan fingerprint density at radius 3 is 2.55 bits per heavy atom. The quantitative estimate of drug-likeness (QED) is 0.790. The van der Waals surface area contributed by atoms with Crippen LogP contribution in [0.4, 0.5) is 0 Å². The van der Waals surface area contributed by atoms with Gasteiger partial charge in [-0.2, -0.15) is 0 Å². The normalized spacial score (nSPS) is 41.7. The highest BCUT2D eigenvalue weighted by molar-refractivity contribution is 7.92. The molecular formula is C16H28N2O3S. The largest absolute Gasteiger partial charge is 0.337 e. The third-order valence-electron chi connectivity index (χ3n) is 5.98. The highest BCUT2D eigenvalue weighted by Gasteiger charge is 2.48. The zero-order valence-corrected chi connectivity index (χ0v) is 14.3. The predicted octanol–water partition coefficient (Wildman–Crippen LogP) is 1.46. The molecule has 0 aromatic carbocycles. The number of carbonyl (C=O) groups excluding carboxylic acids is 1. The Labute approximate surface area is 133 Å². The molecular weight excluding hydrogens is 300 g/mol. The number of fused-ring (bicyclic) bond motifs is 1. The number of rotatable bonds is 1. The van der Waals surface area contributed by atoms with Crippen LogP contribution in [0.25, 0.3) is 0 Å². The lowest BCUT2D eigenvalue weighted by Crippen LogP contribution is -2.62. The van der Waals surface area contributed by atoms with Gasteiger partial charge in [-0.1, -0.05) is 25.7 Å². The Kier molecular flexibility index (Phi) is 4.27. The molecule has 0 spiro atoms. The summed E-state index contributed by atoms with van der Waals surface area (Å²) in [5.74, 6) is 0.0783. The van der Waals surface area contributed by atoms with Crippen LogP contribution in [0.15, 0.2) is 0 Å². The van der Waals surface area contributed by atoms with Crippen molar-refractivity contribution in [3.8, 4) is 0 Å². The predicted molar refractivity (Wildman–Crippen MR) is 86.1 cm³/mol. The molecule has 3 rings (SSSR count). The van der Waals surface area contributed by atoms with Crippen LogP contribution in [0.1, 0.15) is 58.3 Å². The van der Waals surface area contributed by atoms with E-state index in [2.05, 4.69) is 0 Å². The van der Waals surface area contributed by atoms with E-state index in [0.717, 1.165) is 44.9 Å². The van der Waals surface area contributed by atoms with Crippen molar-refractivity contribution < 1.29 is 13.2 Å². The Morgan fingerprint density at radius 2 is 1.82 bits per heavy atom. The first-order valence-electron chi connectivity index (χ1n) is 8.64. The molecule has 2 saturated carbocycles. The lowest BCUT2D eigenvalue weighted by Gasteiger charge is -2.47. The smallest absolute Gasteiger partial charge is 0.227 e. The van der Waals surface area contributed by atoms with Crippen LogP contribution in [0.3, 0.4) is 0 Å². The molecule has 0 radical (unpaired) electrons. The van der Waals surface area contributed by atoms with Gasteiger partial charge in [0, 0.05) is 18.1 Å². The van der Waals surface area contributed by atoms with E-state index in [1.54, 1.807) is 0 Å². The van der Waals surface area contributed by atoms with E-state index in [4.69, 9.17) is 5.73 Å². The minimum atomic E-state index is -3.03. The number of amides is 1. The molecule has 0 bridgehead atoms. The van der Waals surface area contributed by atoms with Gasteiger partial charge in [0.15, 0.2) is 9.84 Å². The monoisotopic (exact) mass is 328 g/mol. The van der Waals surface area contributed by atoms with Crippen molar-refractivity contribution in [3.05, 3.63) is 0 Å². The molecule has 1 heterocycles. The molecule has 1 amide bonds. The van der Waals surface area contributed by atoms with Gasteiger partial charge in [0.2, 0.25) is 5.91 Å². The summed E-state index contributed by atoms with van der Waals surface area (Å²) in [4.78, 5) is 15.0. The lowest BCUT2D eigenvalue weighted by atomic mass is 9.73. The van der Waals surface area contributed by atoms with Crippen molar-refractivity contribution in [3.63, 3.8) is 0 Å². The maximum Gasteiger partial charge on any atom is 0.227 e. The number of nitrogens with two attached hydrogens (primary N) is 1. The number of carbonyl (C=O) groups is 1. The number of hydrogen-bond acceptors (Lipinski definition) is 4.